The van der Waals surface area contributed by atoms with E-state index in [2.05, 4.69) is 5.32 Å². The summed E-state index contributed by atoms with van der Waals surface area (Å²) < 4.78 is 4.90. The number of ether oxygens (including phenoxy) is 1. The third-order valence-electron chi connectivity index (χ3n) is 1.28. The van der Waals surface area contributed by atoms with E-state index in [-0.39, 0.29) is 1.43 Å². The molecule has 0 amide bonds. The lowest BCUT2D eigenvalue weighted by Crippen LogP contribution is -2.07. The summed E-state index contributed by atoms with van der Waals surface area (Å²) in [5.41, 5.74) is 0. The first-order chi connectivity index (χ1) is 4.41. The van der Waals surface area contributed by atoms with Crippen molar-refractivity contribution < 1.29 is 6.16 Å². The van der Waals surface area contributed by atoms with Gasteiger partial charge in [-0.1, -0.05) is 0 Å². The van der Waals surface area contributed by atoms with Crippen LogP contribution in [0, 0.1) is 0 Å². The smallest absolute Gasteiger partial charge is 0.0462 e. The van der Waals surface area contributed by atoms with Gasteiger partial charge < -0.3 is 10.1 Å². The molecular weight excluding hydrogens is 114 g/mol. The lowest BCUT2D eigenvalue weighted by molar-refractivity contribution is 0.192. The fraction of sp³-hybridized carbons (Fsp3) is 1.00. The molecule has 1 N–H and O–H groups in total. The molecule has 2 heteroatoms. The van der Waals surface area contributed by atoms with Crippen molar-refractivity contribution in [1.29, 1.82) is 0 Å². The molecule has 0 atom stereocenters. The zero-order valence-corrected chi connectivity index (χ0v) is 6.44. The molecule has 0 bridgehead atoms. The highest BCUT2D eigenvalue weighted by Gasteiger charge is 1.85. The summed E-state index contributed by atoms with van der Waals surface area (Å²) in [6, 6.07) is 0. The summed E-state index contributed by atoms with van der Waals surface area (Å²) in [6.45, 7) is 2.04. The maximum absolute atomic E-state index is 4.90. The Morgan fingerprint density at radius 3 is 2.67 bits per heavy atom. The molecule has 0 saturated carbocycles. The van der Waals surface area contributed by atoms with Gasteiger partial charge in [-0.3, -0.25) is 0 Å². The summed E-state index contributed by atoms with van der Waals surface area (Å²) in [5.74, 6) is 0. The number of unbranched alkanes of at least 4 members (excludes halogenated alkanes) is 2. The second-order valence-electron chi connectivity index (χ2n) is 2.16. The van der Waals surface area contributed by atoms with Crippen molar-refractivity contribution in [3.8, 4) is 0 Å². The van der Waals surface area contributed by atoms with Crippen LogP contribution in [0.15, 0.2) is 0 Å². The fourth-order valence-corrected chi connectivity index (χ4v) is 0.725. The molecule has 0 heterocycles. The first-order valence-electron chi connectivity index (χ1n) is 3.55. The van der Waals surface area contributed by atoms with Gasteiger partial charge in [0.25, 0.3) is 0 Å². The number of rotatable bonds is 6. The van der Waals surface area contributed by atoms with Crippen molar-refractivity contribution in [2.75, 3.05) is 27.3 Å². The van der Waals surface area contributed by atoms with Crippen molar-refractivity contribution in [3.63, 3.8) is 0 Å². The molecule has 0 saturated heterocycles. The van der Waals surface area contributed by atoms with Gasteiger partial charge in [0, 0.05) is 15.1 Å². The summed E-state index contributed by atoms with van der Waals surface area (Å²) in [6.07, 6.45) is 3.73. The van der Waals surface area contributed by atoms with E-state index < -0.39 is 0 Å². The van der Waals surface area contributed by atoms with Gasteiger partial charge in [0.15, 0.2) is 0 Å². The Labute approximate surface area is 59.1 Å². The summed E-state index contributed by atoms with van der Waals surface area (Å²) in [5, 5.41) is 3.10. The molecule has 0 spiro atoms. The van der Waals surface area contributed by atoms with E-state index in [1.54, 1.807) is 7.11 Å². The highest BCUT2D eigenvalue weighted by Crippen LogP contribution is 1.92. The Balaban J connectivity index is 0. The predicted octanol–water partition coefficient (Wildman–Crippen LogP) is 1.27. The van der Waals surface area contributed by atoms with E-state index in [0.29, 0.717) is 0 Å². The highest BCUT2D eigenvalue weighted by atomic mass is 16.5. The molecule has 0 rings (SSSR count). The minimum Gasteiger partial charge on any atom is -0.385 e. The molecule has 9 heavy (non-hydrogen) atoms. The van der Waals surface area contributed by atoms with Crippen LogP contribution in [0.5, 0.6) is 0 Å². The predicted molar refractivity (Wildman–Crippen MR) is 41.8 cm³/mol. The summed E-state index contributed by atoms with van der Waals surface area (Å²) in [4.78, 5) is 0. The third kappa shape index (κ3) is 7.92. The van der Waals surface area contributed by atoms with Crippen molar-refractivity contribution >= 4 is 0 Å². The van der Waals surface area contributed by atoms with E-state index in [1.807, 2.05) is 7.05 Å². The molecule has 0 aromatic heterocycles. The number of methoxy groups -OCH3 is 1. The maximum Gasteiger partial charge on any atom is 0.0462 e. The Morgan fingerprint density at radius 1 is 1.33 bits per heavy atom. The SMILES string of the molecule is CNCCCCCOC.[HH]. The normalized spacial score (nSPS) is 10.0. The van der Waals surface area contributed by atoms with E-state index in [9.17, 15) is 0 Å². The minimum atomic E-state index is 0. The average molecular weight is 133 g/mol. The molecule has 0 fully saturated rings. The monoisotopic (exact) mass is 133 g/mol. The van der Waals surface area contributed by atoms with E-state index in [0.717, 1.165) is 13.2 Å². The van der Waals surface area contributed by atoms with Crippen molar-refractivity contribution in [3.05, 3.63) is 0 Å². The molecule has 58 valence electrons. The van der Waals surface area contributed by atoms with Gasteiger partial charge in [-0.15, -0.1) is 0 Å². The van der Waals surface area contributed by atoms with Gasteiger partial charge >= 0.3 is 0 Å². The van der Waals surface area contributed by atoms with Gasteiger partial charge in [-0.2, -0.15) is 0 Å². The third-order valence-corrected chi connectivity index (χ3v) is 1.28. The van der Waals surface area contributed by atoms with Crippen LogP contribution >= 0.6 is 0 Å². The van der Waals surface area contributed by atoms with Gasteiger partial charge in [-0.05, 0) is 32.9 Å². The lowest BCUT2D eigenvalue weighted by Gasteiger charge is -1.98. The Hall–Kier alpha value is -0.0800. The summed E-state index contributed by atoms with van der Waals surface area (Å²) >= 11 is 0. The van der Waals surface area contributed by atoms with E-state index >= 15 is 0 Å². The molecule has 0 radical (unpaired) electrons. The van der Waals surface area contributed by atoms with Crippen LogP contribution in [-0.2, 0) is 4.74 Å². The van der Waals surface area contributed by atoms with Crippen molar-refractivity contribution in [1.82, 2.24) is 5.32 Å². The van der Waals surface area contributed by atoms with Crippen LogP contribution in [0.4, 0.5) is 0 Å². The van der Waals surface area contributed by atoms with Gasteiger partial charge in [0.1, 0.15) is 0 Å². The standard InChI is InChI=1S/C7H17NO.H2/c1-8-6-4-3-5-7-9-2;/h8H,3-7H2,1-2H3;1H. The highest BCUT2D eigenvalue weighted by molar-refractivity contribution is 4.42. The zero-order valence-electron chi connectivity index (χ0n) is 6.44. The molecule has 0 aliphatic rings. The number of hydrogen-bond acceptors (Lipinski definition) is 2. The average Bonchev–Trinajstić information content (AvgIpc) is 1.89. The van der Waals surface area contributed by atoms with E-state index in [1.165, 1.54) is 19.3 Å². The largest absolute Gasteiger partial charge is 0.385 e. The molecule has 0 aromatic carbocycles. The molecule has 0 aliphatic heterocycles. The molecule has 0 unspecified atom stereocenters. The number of nitrogens with one attached hydrogen (secondary N) is 1. The Morgan fingerprint density at radius 2 is 2.11 bits per heavy atom. The van der Waals surface area contributed by atoms with Crippen LogP contribution in [-0.4, -0.2) is 27.3 Å². The van der Waals surface area contributed by atoms with Crippen LogP contribution in [0.1, 0.15) is 20.7 Å². The van der Waals surface area contributed by atoms with E-state index in [4.69, 9.17) is 4.74 Å². The summed E-state index contributed by atoms with van der Waals surface area (Å²) in [7, 11) is 3.73. The first kappa shape index (κ1) is 8.92. The quantitative estimate of drug-likeness (QED) is 0.551. The Kier molecular flexibility index (Phi) is 7.85. The van der Waals surface area contributed by atoms with Crippen LogP contribution in [0.2, 0.25) is 0 Å². The lowest BCUT2D eigenvalue weighted by atomic mass is 10.2. The van der Waals surface area contributed by atoms with Gasteiger partial charge in [-0.25, -0.2) is 0 Å². The van der Waals surface area contributed by atoms with Crippen LogP contribution in [0.3, 0.4) is 0 Å². The van der Waals surface area contributed by atoms with Crippen LogP contribution < -0.4 is 5.32 Å². The first-order valence-corrected chi connectivity index (χ1v) is 3.55. The molecule has 0 aromatic rings. The second kappa shape index (κ2) is 7.92. The van der Waals surface area contributed by atoms with Crippen LogP contribution in [0.25, 0.3) is 0 Å². The van der Waals surface area contributed by atoms with Crippen molar-refractivity contribution in [2.24, 2.45) is 0 Å². The molecular formula is C7H19NO. The van der Waals surface area contributed by atoms with Gasteiger partial charge in [0.05, 0.1) is 0 Å². The van der Waals surface area contributed by atoms with Gasteiger partial charge in [0.2, 0.25) is 0 Å². The second-order valence-corrected chi connectivity index (χ2v) is 2.16. The molecule has 2 nitrogen and oxygen atoms in total. The Bertz CT molecular complexity index is 46.9. The zero-order chi connectivity index (χ0) is 6.95. The fourth-order valence-electron chi connectivity index (χ4n) is 0.725. The van der Waals surface area contributed by atoms with Crippen molar-refractivity contribution in [2.45, 2.75) is 19.3 Å². The maximum atomic E-state index is 4.90. The minimum absolute atomic E-state index is 0. The topological polar surface area (TPSA) is 21.3 Å². The molecule has 0 aliphatic carbocycles. The number of hydrogen-bond donors (Lipinski definition) is 1.